The molecule has 2 fully saturated rings. The number of hydrogen-bond acceptors (Lipinski definition) is 5. The number of aryl methyl sites for hydroxylation is 1. The summed E-state index contributed by atoms with van der Waals surface area (Å²) in [6, 6.07) is 12.2. The van der Waals surface area contributed by atoms with Gasteiger partial charge >= 0.3 is 0 Å². The number of nitrogens with zero attached hydrogens (tertiary/aromatic N) is 1. The molecule has 2 aliphatic carbocycles. The highest BCUT2D eigenvalue weighted by atomic mass is 35.5. The molecule has 2 aromatic carbocycles. The van der Waals surface area contributed by atoms with E-state index >= 15 is 0 Å². The smallest absolute Gasteiger partial charge is 0.261 e. The average Bonchev–Trinajstić information content (AvgIpc) is 3.79. The van der Waals surface area contributed by atoms with Crippen molar-refractivity contribution >= 4 is 35.1 Å². The summed E-state index contributed by atoms with van der Waals surface area (Å²) in [6.45, 7) is 6.67. The molecule has 6 unspecified atom stereocenters. The highest BCUT2D eigenvalue weighted by Gasteiger charge is 2.39. The lowest BCUT2D eigenvalue weighted by atomic mass is 9.70. The number of allylic oxidation sites excluding steroid dienone is 1. The van der Waals surface area contributed by atoms with E-state index in [9.17, 15) is 9.90 Å². The summed E-state index contributed by atoms with van der Waals surface area (Å²) in [7, 11) is 0. The van der Waals surface area contributed by atoms with Gasteiger partial charge in [0.15, 0.2) is 0 Å². The number of aliphatic hydroxyl groups excluding tert-OH is 1. The van der Waals surface area contributed by atoms with E-state index in [0.29, 0.717) is 35.2 Å². The molecule has 0 spiro atoms. The van der Waals surface area contributed by atoms with Gasteiger partial charge in [-0.15, -0.1) is 0 Å². The SMILES string of the molecule is CCCc1cc(Cl)ccc1C1COc2ccc3cc2N(C1)CC1CCC1C(O)/C=C/CC(C)C(C1CC1)SNC3=O. The number of hydrogen-bond donors (Lipinski definition) is 2. The van der Waals surface area contributed by atoms with E-state index in [1.54, 1.807) is 11.9 Å². The number of ether oxygens (including phenoxy) is 1. The number of fused-ring (bicyclic) bond motifs is 2. The van der Waals surface area contributed by atoms with Crippen LogP contribution in [0.25, 0.3) is 0 Å². The van der Waals surface area contributed by atoms with Crippen molar-refractivity contribution in [3.63, 3.8) is 0 Å². The van der Waals surface area contributed by atoms with Crippen LogP contribution in [0.4, 0.5) is 5.69 Å². The zero-order chi connectivity index (χ0) is 28.5. The first-order valence-electron chi connectivity index (χ1n) is 15.5. The van der Waals surface area contributed by atoms with Crippen molar-refractivity contribution < 1.29 is 14.6 Å². The molecule has 4 aliphatic rings. The van der Waals surface area contributed by atoms with Crippen molar-refractivity contribution in [3.8, 4) is 5.75 Å². The zero-order valence-corrected chi connectivity index (χ0v) is 25.8. The lowest BCUT2D eigenvalue weighted by Gasteiger charge is -2.42. The Hall–Kier alpha value is -2.15. The second-order valence-electron chi connectivity index (χ2n) is 12.7. The summed E-state index contributed by atoms with van der Waals surface area (Å²) >= 11 is 8.00. The van der Waals surface area contributed by atoms with Gasteiger partial charge in [0.1, 0.15) is 5.75 Å². The van der Waals surface area contributed by atoms with Crippen molar-refractivity contribution in [3.05, 3.63) is 70.3 Å². The van der Waals surface area contributed by atoms with Crippen LogP contribution >= 0.6 is 23.5 Å². The second-order valence-corrected chi connectivity index (χ2v) is 14.1. The van der Waals surface area contributed by atoms with Gasteiger partial charge in [-0.05, 0) is 116 Å². The van der Waals surface area contributed by atoms with E-state index in [2.05, 4.69) is 41.7 Å². The van der Waals surface area contributed by atoms with Crippen molar-refractivity contribution in [2.24, 2.45) is 23.7 Å². The van der Waals surface area contributed by atoms with E-state index in [0.717, 1.165) is 61.7 Å². The summed E-state index contributed by atoms with van der Waals surface area (Å²) in [5.74, 6) is 2.68. The highest BCUT2D eigenvalue weighted by molar-refractivity contribution is 7.98. The van der Waals surface area contributed by atoms with Gasteiger partial charge in [0, 0.05) is 34.8 Å². The molecule has 220 valence electrons. The van der Waals surface area contributed by atoms with Gasteiger partial charge in [-0.1, -0.05) is 50.1 Å². The number of aliphatic hydroxyl groups is 1. The molecule has 2 N–H and O–H groups in total. The van der Waals surface area contributed by atoms with E-state index in [4.69, 9.17) is 16.3 Å². The van der Waals surface area contributed by atoms with Gasteiger partial charge in [0.25, 0.3) is 5.91 Å². The number of nitrogens with one attached hydrogen (secondary N) is 1. The molecule has 2 saturated carbocycles. The number of benzene rings is 2. The Morgan fingerprint density at radius 3 is 2.68 bits per heavy atom. The fourth-order valence-corrected chi connectivity index (χ4v) is 8.36. The van der Waals surface area contributed by atoms with Gasteiger partial charge < -0.3 is 14.7 Å². The Balaban J connectivity index is 1.34. The molecule has 5 nitrogen and oxygen atoms in total. The minimum atomic E-state index is -0.419. The molecule has 41 heavy (non-hydrogen) atoms. The quantitative estimate of drug-likeness (QED) is 0.285. The highest BCUT2D eigenvalue weighted by Crippen LogP contribution is 2.44. The Labute approximate surface area is 254 Å². The molecule has 2 bridgehead atoms. The molecule has 0 saturated heterocycles. The monoisotopic (exact) mass is 594 g/mol. The molecule has 0 radical (unpaired) electrons. The standard InChI is InChI=1S/C34H43ClN2O3S/c1-3-5-23-16-27(35)12-14-28(23)26-19-37-18-25-10-13-29(25)31(38)7-4-6-21(2)33(22-8-9-22)41-36-34(39)24-11-15-32(40-20-26)30(37)17-24/h4,7,11-12,14-17,21-22,25-26,29,31,33,38H,3,5-6,8-10,13,18-20H2,1-2H3,(H,36,39)/b7-4+. The molecule has 2 heterocycles. The first kappa shape index (κ1) is 28.9. The summed E-state index contributed by atoms with van der Waals surface area (Å²) in [5.41, 5.74) is 4.22. The number of anilines is 1. The molecule has 1 amide bonds. The van der Waals surface area contributed by atoms with E-state index in [1.807, 2.05) is 30.3 Å². The van der Waals surface area contributed by atoms with Gasteiger partial charge in [0.05, 0.1) is 18.4 Å². The van der Waals surface area contributed by atoms with E-state index in [-0.39, 0.29) is 17.7 Å². The fourth-order valence-electron chi connectivity index (χ4n) is 7.00. The molecule has 7 heteroatoms. The van der Waals surface area contributed by atoms with Gasteiger partial charge in [0.2, 0.25) is 0 Å². The van der Waals surface area contributed by atoms with Crippen LogP contribution in [0.15, 0.2) is 48.6 Å². The number of amides is 1. The van der Waals surface area contributed by atoms with Crippen molar-refractivity contribution in [1.82, 2.24) is 4.72 Å². The predicted octanol–water partition coefficient (Wildman–Crippen LogP) is 7.41. The Morgan fingerprint density at radius 2 is 1.93 bits per heavy atom. The van der Waals surface area contributed by atoms with E-state index in [1.165, 1.54) is 24.0 Å². The Kier molecular flexibility index (Phi) is 8.90. The average molecular weight is 595 g/mol. The summed E-state index contributed by atoms with van der Waals surface area (Å²) in [6.07, 6.45) is 11.4. The first-order valence-corrected chi connectivity index (χ1v) is 16.8. The van der Waals surface area contributed by atoms with Gasteiger partial charge in [-0.25, -0.2) is 0 Å². The van der Waals surface area contributed by atoms with Crippen molar-refractivity contribution in [2.75, 3.05) is 24.6 Å². The van der Waals surface area contributed by atoms with Gasteiger partial charge in [-0.2, -0.15) is 0 Å². The Morgan fingerprint density at radius 1 is 1.10 bits per heavy atom. The zero-order valence-electron chi connectivity index (χ0n) is 24.2. The molecular formula is C34H43ClN2O3S. The third-order valence-electron chi connectivity index (χ3n) is 9.65. The van der Waals surface area contributed by atoms with Crippen LogP contribution in [0.1, 0.15) is 79.8 Å². The van der Waals surface area contributed by atoms with Gasteiger partial charge in [-0.3, -0.25) is 9.52 Å². The van der Waals surface area contributed by atoms with Crippen LogP contribution in [0.2, 0.25) is 5.02 Å². The van der Waals surface area contributed by atoms with Crippen molar-refractivity contribution in [1.29, 1.82) is 0 Å². The van der Waals surface area contributed by atoms with Crippen LogP contribution < -0.4 is 14.4 Å². The largest absolute Gasteiger partial charge is 0.491 e. The number of halogens is 1. The van der Waals surface area contributed by atoms with Crippen molar-refractivity contribution in [2.45, 2.75) is 76.1 Å². The minimum Gasteiger partial charge on any atom is -0.491 e. The predicted molar refractivity (Wildman–Crippen MR) is 169 cm³/mol. The lowest BCUT2D eigenvalue weighted by Crippen LogP contribution is -2.44. The van der Waals surface area contributed by atoms with Crippen LogP contribution in [0.5, 0.6) is 5.75 Å². The van der Waals surface area contributed by atoms with E-state index < -0.39 is 6.10 Å². The Bertz CT molecular complexity index is 1280. The fraction of sp³-hybridized carbons (Fsp3) is 0.559. The lowest BCUT2D eigenvalue weighted by molar-refractivity contribution is 0.0461. The summed E-state index contributed by atoms with van der Waals surface area (Å²) < 4.78 is 9.67. The first-order chi connectivity index (χ1) is 19.9. The molecule has 2 aliphatic heterocycles. The van der Waals surface area contributed by atoms with Crippen LogP contribution in [-0.2, 0) is 6.42 Å². The molecule has 0 aromatic heterocycles. The third kappa shape index (κ3) is 6.45. The maximum Gasteiger partial charge on any atom is 0.261 e. The molecule has 6 rings (SSSR count). The third-order valence-corrected chi connectivity index (χ3v) is 11.3. The van der Waals surface area contributed by atoms with Crippen LogP contribution in [0, 0.1) is 23.7 Å². The summed E-state index contributed by atoms with van der Waals surface area (Å²) in [5, 5.41) is 12.3. The maximum absolute atomic E-state index is 13.4. The number of rotatable bonds is 4. The normalized spacial score (nSPS) is 31.2. The minimum absolute atomic E-state index is 0.0427. The van der Waals surface area contributed by atoms with Crippen LogP contribution in [-0.4, -0.2) is 42.1 Å². The number of carbonyl (C=O) groups excluding carboxylic acids is 1. The maximum atomic E-state index is 13.4. The topological polar surface area (TPSA) is 61.8 Å². The summed E-state index contributed by atoms with van der Waals surface area (Å²) in [4.78, 5) is 15.9. The molecular weight excluding hydrogens is 552 g/mol. The van der Waals surface area contributed by atoms with Crippen LogP contribution in [0.3, 0.4) is 0 Å². The number of carbonyl (C=O) groups is 1. The molecule has 2 aromatic rings. The molecule has 6 atom stereocenters. The second kappa shape index (κ2) is 12.6.